The van der Waals surface area contributed by atoms with Crippen molar-refractivity contribution in [2.45, 2.75) is 19.4 Å². The fourth-order valence-corrected chi connectivity index (χ4v) is 0.788. The molecule has 0 bridgehead atoms. The van der Waals surface area contributed by atoms with E-state index in [0.29, 0.717) is 26.4 Å². The van der Waals surface area contributed by atoms with Gasteiger partial charge in [-0.15, -0.1) is 0 Å². The van der Waals surface area contributed by atoms with Crippen LogP contribution >= 0.6 is 11.6 Å². The van der Waals surface area contributed by atoms with E-state index < -0.39 is 11.7 Å². The Morgan fingerprint density at radius 2 is 1.80 bits per heavy atom. The lowest BCUT2D eigenvalue weighted by atomic mass is 10.7. The number of carbonyl (C=O) groups excluding carboxylic acids is 1. The van der Waals surface area contributed by atoms with E-state index >= 15 is 0 Å². The second-order valence-electron chi connectivity index (χ2n) is 2.57. The predicted octanol–water partition coefficient (Wildman–Crippen LogP) is 1.78. The molecule has 0 aliphatic heterocycles. The summed E-state index contributed by atoms with van der Waals surface area (Å²) < 4.78 is 19.3. The van der Waals surface area contributed by atoms with Gasteiger partial charge in [0.15, 0.2) is 5.56 Å². The van der Waals surface area contributed by atoms with E-state index in [2.05, 4.69) is 9.47 Å². The fraction of sp³-hybridized carbons (Fsp3) is 0.889. The highest BCUT2D eigenvalue weighted by Gasteiger charge is 2.06. The maximum Gasteiger partial charge on any atom is 0.509 e. The van der Waals surface area contributed by atoms with Gasteiger partial charge in [0.25, 0.3) is 0 Å². The van der Waals surface area contributed by atoms with Crippen LogP contribution < -0.4 is 0 Å². The number of carbonyl (C=O) groups is 1. The smallest absolute Gasteiger partial charge is 0.432 e. The molecule has 0 fully saturated rings. The fourth-order valence-electron chi connectivity index (χ4n) is 0.715. The Bertz CT molecular complexity index is 163. The summed E-state index contributed by atoms with van der Waals surface area (Å²) in [5.41, 5.74) is -0.684. The normalized spacial score (nSPS) is 12.2. The molecule has 0 spiro atoms. The van der Waals surface area contributed by atoms with Crippen LogP contribution in [-0.2, 0) is 18.9 Å². The van der Waals surface area contributed by atoms with Crippen molar-refractivity contribution >= 4 is 17.8 Å². The minimum absolute atomic E-state index is 0.147. The standard InChI is InChI=1S/C9H17ClO5/c1-3-12-4-5-13-6-7-14-9(11)15-8(2)10/h8H,3-7H2,1-2H3. The molecule has 0 rings (SSSR count). The summed E-state index contributed by atoms with van der Waals surface area (Å²) in [5, 5.41) is 0. The Hall–Kier alpha value is -0.520. The molecular weight excluding hydrogens is 224 g/mol. The van der Waals surface area contributed by atoms with Crippen LogP contribution in [0.15, 0.2) is 0 Å². The topological polar surface area (TPSA) is 54.0 Å². The van der Waals surface area contributed by atoms with Gasteiger partial charge in [-0.3, -0.25) is 0 Å². The monoisotopic (exact) mass is 240 g/mol. The lowest BCUT2D eigenvalue weighted by Crippen LogP contribution is -2.15. The summed E-state index contributed by atoms with van der Waals surface area (Å²) >= 11 is 5.40. The Kier molecular flexibility index (Phi) is 9.67. The first kappa shape index (κ1) is 14.5. The van der Waals surface area contributed by atoms with Crippen molar-refractivity contribution < 1.29 is 23.7 Å². The molecule has 0 saturated carbocycles. The molecule has 1 unspecified atom stereocenters. The van der Waals surface area contributed by atoms with E-state index in [-0.39, 0.29) is 6.61 Å². The largest absolute Gasteiger partial charge is 0.509 e. The Morgan fingerprint density at radius 3 is 2.40 bits per heavy atom. The van der Waals surface area contributed by atoms with Gasteiger partial charge >= 0.3 is 6.16 Å². The van der Waals surface area contributed by atoms with Gasteiger partial charge in [0.1, 0.15) is 6.61 Å². The highest BCUT2D eigenvalue weighted by atomic mass is 35.5. The highest BCUT2D eigenvalue weighted by Crippen LogP contribution is 1.97. The first-order chi connectivity index (χ1) is 7.16. The molecule has 15 heavy (non-hydrogen) atoms. The summed E-state index contributed by atoms with van der Waals surface area (Å²) in [4.78, 5) is 10.8. The molecule has 0 saturated heterocycles. The van der Waals surface area contributed by atoms with Crippen LogP contribution in [0.25, 0.3) is 0 Å². The molecule has 0 heterocycles. The van der Waals surface area contributed by atoms with Crippen LogP contribution in [0, 0.1) is 0 Å². The SMILES string of the molecule is CCOCCOCCOC(=O)OC(C)Cl. The zero-order valence-electron chi connectivity index (χ0n) is 9.03. The molecule has 90 valence electrons. The zero-order chi connectivity index (χ0) is 11.5. The second-order valence-corrected chi connectivity index (χ2v) is 3.18. The van der Waals surface area contributed by atoms with Gasteiger partial charge in [-0.1, -0.05) is 11.6 Å². The van der Waals surface area contributed by atoms with Crippen molar-refractivity contribution in [3.63, 3.8) is 0 Å². The molecule has 0 aromatic heterocycles. The van der Waals surface area contributed by atoms with Crippen molar-refractivity contribution in [1.29, 1.82) is 0 Å². The molecule has 0 aromatic rings. The highest BCUT2D eigenvalue weighted by molar-refractivity contribution is 6.19. The Morgan fingerprint density at radius 1 is 1.20 bits per heavy atom. The van der Waals surface area contributed by atoms with Gasteiger partial charge in [-0.25, -0.2) is 4.79 Å². The molecule has 0 amide bonds. The van der Waals surface area contributed by atoms with Gasteiger partial charge in [0, 0.05) is 6.61 Å². The molecule has 5 nitrogen and oxygen atoms in total. The van der Waals surface area contributed by atoms with E-state index in [4.69, 9.17) is 21.1 Å². The van der Waals surface area contributed by atoms with Crippen molar-refractivity contribution in [1.82, 2.24) is 0 Å². The number of rotatable bonds is 8. The first-order valence-electron chi connectivity index (χ1n) is 4.79. The molecule has 0 aliphatic carbocycles. The maximum atomic E-state index is 10.8. The molecular formula is C9H17ClO5. The second kappa shape index (κ2) is 10.0. The number of halogens is 1. The Labute approximate surface area is 94.6 Å². The molecule has 1 atom stereocenters. The lowest BCUT2D eigenvalue weighted by Gasteiger charge is -2.07. The van der Waals surface area contributed by atoms with E-state index in [1.54, 1.807) is 0 Å². The lowest BCUT2D eigenvalue weighted by molar-refractivity contribution is 0.00851. The number of alkyl halides is 1. The third-order valence-electron chi connectivity index (χ3n) is 1.28. The van der Waals surface area contributed by atoms with Crippen molar-refractivity contribution in [2.75, 3.05) is 33.0 Å². The van der Waals surface area contributed by atoms with E-state index in [1.165, 1.54) is 6.92 Å². The molecule has 0 aromatic carbocycles. The minimum Gasteiger partial charge on any atom is -0.432 e. The first-order valence-corrected chi connectivity index (χ1v) is 5.23. The van der Waals surface area contributed by atoms with Gasteiger partial charge < -0.3 is 18.9 Å². The van der Waals surface area contributed by atoms with Crippen LogP contribution in [0.1, 0.15) is 13.8 Å². The summed E-state index contributed by atoms with van der Waals surface area (Å²) in [7, 11) is 0. The predicted molar refractivity (Wildman–Crippen MR) is 55.1 cm³/mol. The van der Waals surface area contributed by atoms with Crippen molar-refractivity contribution in [3.05, 3.63) is 0 Å². The summed E-state index contributed by atoms with van der Waals surface area (Å²) in [5.74, 6) is 0. The minimum atomic E-state index is -0.786. The van der Waals surface area contributed by atoms with Crippen LogP contribution in [-0.4, -0.2) is 44.8 Å². The van der Waals surface area contributed by atoms with Crippen LogP contribution in [0.3, 0.4) is 0 Å². The van der Waals surface area contributed by atoms with E-state index in [0.717, 1.165) is 0 Å². The molecule has 0 N–H and O–H groups in total. The van der Waals surface area contributed by atoms with Gasteiger partial charge in [0.05, 0.1) is 19.8 Å². The number of hydrogen-bond acceptors (Lipinski definition) is 5. The van der Waals surface area contributed by atoms with Crippen LogP contribution in [0.5, 0.6) is 0 Å². The number of ether oxygens (including phenoxy) is 4. The van der Waals surface area contributed by atoms with E-state index in [1.807, 2.05) is 6.92 Å². The number of hydrogen-bond donors (Lipinski definition) is 0. The van der Waals surface area contributed by atoms with Gasteiger partial charge in [0.2, 0.25) is 0 Å². The average Bonchev–Trinajstić information content (AvgIpc) is 2.15. The van der Waals surface area contributed by atoms with Gasteiger partial charge in [-0.05, 0) is 13.8 Å². The van der Waals surface area contributed by atoms with Crippen molar-refractivity contribution in [3.8, 4) is 0 Å². The van der Waals surface area contributed by atoms with Gasteiger partial charge in [-0.2, -0.15) is 0 Å². The van der Waals surface area contributed by atoms with Crippen LogP contribution in [0.4, 0.5) is 4.79 Å². The average molecular weight is 241 g/mol. The van der Waals surface area contributed by atoms with E-state index in [9.17, 15) is 4.79 Å². The Balaban J connectivity index is 3.13. The maximum absolute atomic E-state index is 10.8. The quantitative estimate of drug-likeness (QED) is 0.368. The zero-order valence-corrected chi connectivity index (χ0v) is 9.79. The van der Waals surface area contributed by atoms with Crippen molar-refractivity contribution in [2.24, 2.45) is 0 Å². The summed E-state index contributed by atoms with van der Waals surface area (Å²) in [6.07, 6.45) is -0.786. The summed E-state index contributed by atoms with van der Waals surface area (Å²) in [6.45, 7) is 5.60. The third-order valence-corrected chi connectivity index (χ3v) is 1.37. The third kappa shape index (κ3) is 11.4. The summed E-state index contributed by atoms with van der Waals surface area (Å²) in [6, 6.07) is 0. The van der Waals surface area contributed by atoms with Crippen LogP contribution in [0.2, 0.25) is 0 Å². The molecule has 0 aliphatic rings. The molecule has 0 radical (unpaired) electrons. The molecule has 6 heteroatoms.